The summed E-state index contributed by atoms with van der Waals surface area (Å²) < 4.78 is 21.9. The van der Waals surface area contributed by atoms with E-state index < -0.39 is 11.3 Å². The number of hydrogen-bond acceptors (Lipinski definition) is 2. The fourth-order valence-electron chi connectivity index (χ4n) is 1.59. The van der Waals surface area contributed by atoms with Gasteiger partial charge in [0.2, 0.25) is 0 Å². The van der Waals surface area contributed by atoms with E-state index in [1.54, 1.807) is 18.2 Å². The fraction of sp³-hybridized carbons (Fsp3) is 0. The Labute approximate surface area is 102 Å². The van der Waals surface area contributed by atoms with E-state index in [0.29, 0.717) is 11.4 Å². The molecule has 4 N–H and O–H groups in total. The molecule has 17 heavy (non-hydrogen) atoms. The van der Waals surface area contributed by atoms with Crippen molar-refractivity contribution in [3.05, 3.63) is 48.5 Å². The predicted octanol–water partition coefficient (Wildman–Crippen LogP) is 2.48. The molecule has 1 unspecified atom stereocenters. The minimum Gasteiger partial charge on any atom is -0.398 e. The lowest BCUT2D eigenvalue weighted by Crippen LogP contribution is -2.02. The maximum absolute atomic E-state index is 10.7. The summed E-state index contributed by atoms with van der Waals surface area (Å²) in [5.41, 5.74) is 8.87. The van der Waals surface area contributed by atoms with E-state index in [9.17, 15) is 4.21 Å². The second-order valence-corrected chi connectivity index (χ2v) is 4.22. The monoisotopic (exact) mass is 248 g/mol. The smallest absolute Gasteiger partial charge is 0.259 e. The molecule has 0 aliphatic heterocycles. The van der Waals surface area contributed by atoms with Gasteiger partial charge in [-0.1, -0.05) is 30.3 Å². The zero-order valence-corrected chi connectivity index (χ0v) is 9.78. The van der Waals surface area contributed by atoms with Gasteiger partial charge in [-0.25, -0.2) is 4.21 Å². The van der Waals surface area contributed by atoms with Gasteiger partial charge in [0.25, 0.3) is 11.3 Å². The summed E-state index contributed by atoms with van der Waals surface area (Å²) in [7, 11) is 0. The topological polar surface area (TPSA) is 75.3 Å². The van der Waals surface area contributed by atoms with Crippen molar-refractivity contribution < 1.29 is 8.76 Å². The molecule has 0 heterocycles. The number of hydrogen-bond donors (Lipinski definition) is 3. The third kappa shape index (κ3) is 2.83. The lowest BCUT2D eigenvalue weighted by molar-refractivity contribution is 0.570. The first kappa shape index (κ1) is 11.6. The summed E-state index contributed by atoms with van der Waals surface area (Å²) in [5.74, 6) is 0. The van der Waals surface area contributed by atoms with Crippen LogP contribution in [-0.2, 0) is 11.3 Å². The Morgan fingerprint density at radius 3 is 2.47 bits per heavy atom. The number of nitrogens with two attached hydrogens (primary N) is 1. The maximum Gasteiger partial charge on any atom is 0.259 e. The van der Waals surface area contributed by atoms with Gasteiger partial charge in [0.15, 0.2) is 0 Å². The maximum atomic E-state index is 10.7. The van der Waals surface area contributed by atoms with E-state index in [4.69, 9.17) is 10.3 Å². The standard InChI is InChI=1S/C12H12N2O2S/c13-12-7-6-10(14-17(15)16)8-11(12)9-4-2-1-3-5-9/h1-8,14H,13H2,(H,15,16). The molecule has 88 valence electrons. The van der Waals surface area contributed by atoms with Crippen molar-refractivity contribution in [3.8, 4) is 11.1 Å². The Morgan fingerprint density at radius 1 is 1.12 bits per heavy atom. The molecule has 0 aliphatic carbocycles. The van der Waals surface area contributed by atoms with Gasteiger partial charge in [0, 0.05) is 16.9 Å². The molecule has 0 saturated carbocycles. The summed E-state index contributed by atoms with van der Waals surface area (Å²) in [6, 6.07) is 14.7. The SMILES string of the molecule is Nc1ccc(NS(=O)O)cc1-c1ccccc1. The Balaban J connectivity index is 2.43. The molecule has 0 aromatic heterocycles. The van der Waals surface area contributed by atoms with Crippen LogP contribution in [-0.4, -0.2) is 8.76 Å². The lowest BCUT2D eigenvalue weighted by atomic mass is 10.0. The van der Waals surface area contributed by atoms with Crippen LogP contribution >= 0.6 is 0 Å². The van der Waals surface area contributed by atoms with Gasteiger partial charge in [-0.2, -0.15) is 0 Å². The Morgan fingerprint density at radius 2 is 1.82 bits per heavy atom. The van der Waals surface area contributed by atoms with E-state index in [1.807, 2.05) is 30.3 Å². The van der Waals surface area contributed by atoms with Gasteiger partial charge < -0.3 is 5.73 Å². The summed E-state index contributed by atoms with van der Waals surface area (Å²) in [6.07, 6.45) is 0. The highest BCUT2D eigenvalue weighted by atomic mass is 32.2. The molecule has 0 bridgehead atoms. The molecule has 1 atom stereocenters. The summed E-state index contributed by atoms with van der Waals surface area (Å²) in [4.78, 5) is 0. The van der Waals surface area contributed by atoms with Crippen LogP contribution in [0.5, 0.6) is 0 Å². The van der Waals surface area contributed by atoms with Crippen LogP contribution in [0.4, 0.5) is 11.4 Å². The largest absolute Gasteiger partial charge is 0.398 e. The minimum absolute atomic E-state index is 0.555. The van der Waals surface area contributed by atoms with Crippen LogP contribution in [0.25, 0.3) is 11.1 Å². The van der Waals surface area contributed by atoms with Crippen LogP contribution in [0.1, 0.15) is 0 Å². The molecule has 2 rings (SSSR count). The lowest BCUT2D eigenvalue weighted by Gasteiger charge is -2.08. The van der Waals surface area contributed by atoms with Gasteiger partial charge in [-0.3, -0.25) is 9.27 Å². The molecule has 5 heteroatoms. The van der Waals surface area contributed by atoms with Crippen molar-refractivity contribution in [3.63, 3.8) is 0 Å². The van der Waals surface area contributed by atoms with Crippen molar-refractivity contribution >= 4 is 22.6 Å². The third-order valence-electron chi connectivity index (χ3n) is 2.34. The highest BCUT2D eigenvalue weighted by molar-refractivity contribution is 7.80. The highest BCUT2D eigenvalue weighted by Crippen LogP contribution is 2.28. The quantitative estimate of drug-likeness (QED) is 0.577. The first-order valence-corrected chi connectivity index (χ1v) is 6.10. The second kappa shape index (κ2) is 4.99. The molecule has 0 amide bonds. The van der Waals surface area contributed by atoms with E-state index in [-0.39, 0.29) is 0 Å². The summed E-state index contributed by atoms with van der Waals surface area (Å²) in [5, 5.41) is 0. The zero-order valence-electron chi connectivity index (χ0n) is 8.96. The number of benzene rings is 2. The molecule has 2 aromatic rings. The van der Waals surface area contributed by atoms with Crippen LogP contribution in [0.2, 0.25) is 0 Å². The Bertz CT molecular complexity index is 543. The Kier molecular flexibility index (Phi) is 3.41. The number of rotatable bonds is 3. The highest BCUT2D eigenvalue weighted by Gasteiger charge is 2.04. The van der Waals surface area contributed by atoms with E-state index >= 15 is 0 Å². The number of nitrogens with one attached hydrogen (secondary N) is 1. The van der Waals surface area contributed by atoms with Crippen LogP contribution in [0, 0.1) is 0 Å². The van der Waals surface area contributed by atoms with Crippen molar-refractivity contribution in [1.82, 2.24) is 0 Å². The Hall–Kier alpha value is -1.85. The average Bonchev–Trinajstić information content (AvgIpc) is 2.32. The molecule has 2 aromatic carbocycles. The van der Waals surface area contributed by atoms with Crippen molar-refractivity contribution in [1.29, 1.82) is 0 Å². The van der Waals surface area contributed by atoms with Gasteiger partial charge >= 0.3 is 0 Å². The molecule has 0 fully saturated rings. The minimum atomic E-state index is -2.08. The summed E-state index contributed by atoms with van der Waals surface area (Å²) in [6.45, 7) is 0. The molecule has 4 nitrogen and oxygen atoms in total. The molecule has 0 saturated heterocycles. The van der Waals surface area contributed by atoms with Crippen LogP contribution in [0.15, 0.2) is 48.5 Å². The van der Waals surface area contributed by atoms with Crippen LogP contribution < -0.4 is 10.5 Å². The van der Waals surface area contributed by atoms with Gasteiger partial charge in [-0.05, 0) is 23.8 Å². The van der Waals surface area contributed by atoms with Crippen LogP contribution in [0.3, 0.4) is 0 Å². The predicted molar refractivity (Wildman–Crippen MR) is 70.7 cm³/mol. The van der Waals surface area contributed by atoms with Crippen molar-refractivity contribution in [2.24, 2.45) is 0 Å². The molecular formula is C12H12N2O2S. The summed E-state index contributed by atoms with van der Waals surface area (Å²) >= 11 is -2.08. The number of anilines is 2. The normalized spacial score (nSPS) is 12.1. The van der Waals surface area contributed by atoms with E-state index in [1.165, 1.54) is 0 Å². The van der Waals surface area contributed by atoms with E-state index in [2.05, 4.69) is 4.72 Å². The second-order valence-electron chi connectivity index (χ2n) is 3.52. The van der Waals surface area contributed by atoms with Gasteiger partial charge in [0.1, 0.15) is 0 Å². The van der Waals surface area contributed by atoms with Crippen molar-refractivity contribution in [2.45, 2.75) is 0 Å². The molecular weight excluding hydrogens is 236 g/mol. The fourth-order valence-corrected chi connectivity index (χ4v) is 1.92. The third-order valence-corrected chi connectivity index (χ3v) is 2.75. The van der Waals surface area contributed by atoms with E-state index in [0.717, 1.165) is 11.1 Å². The molecule has 0 radical (unpaired) electrons. The average molecular weight is 248 g/mol. The molecule has 0 spiro atoms. The first-order chi connectivity index (χ1) is 8.16. The molecule has 0 aliphatic rings. The zero-order chi connectivity index (χ0) is 12.3. The van der Waals surface area contributed by atoms with Crippen molar-refractivity contribution in [2.75, 3.05) is 10.5 Å². The first-order valence-electron chi connectivity index (χ1n) is 4.99. The number of nitrogen functional groups attached to an aromatic ring is 1. The van der Waals surface area contributed by atoms with Gasteiger partial charge in [0.05, 0.1) is 0 Å². The van der Waals surface area contributed by atoms with Gasteiger partial charge in [-0.15, -0.1) is 0 Å².